The van der Waals surface area contributed by atoms with E-state index in [2.05, 4.69) is 11.2 Å². The molecule has 0 fully saturated rings. The van der Waals surface area contributed by atoms with Gasteiger partial charge in [-0.05, 0) is 32.4 Å². The maximum Gasteiger partial charge on any atom is 0.261 e. The van der Waals surface area contributed by atoms with E-state index in [0.29, 0.717) is 0 Å². The van der Waals surface area contributed by atoms with Gasteiger partial charge in [-0.2, -0.15) is 0 Å². The van der Waals surface area contributed by atoms with Crippen molar-refractivity contribution in [3.05, 3.63) is 29.3 Å². The van der Waals surface area contributed by atoms with Gasteiger partial charge in [-0.15, -0.1) is 6.42 Å². The topological polar surface area (TPSA) is 38.3 Å². The van der Waals surface area contributed by atoms with E-state index in [-0.39, 0.29) is 12.5 Å². The normalized spacial score (nSPS) is 11.4. The van der Waals surface area contributed by atoms with E-state index in [1.807, 2.05) is 32.0 Å². The van der Waals surface area contributed by atoms with Crippen molar-refractivity contribution in [2.45, 2.75) is 26.9 Å². The van der Waals surface area contributed by atoms with Crippen molar-refractivity contribution in [2.24, 2.45) is 0 Å². The van der Waals surface area contributed by atoms with E-state index in [9.17, 15) is 4.79 Å². The molecule has 3 nitrogen and oxygen atoms in total. The van der Waals surface area contributed by atoms with Crippen LogP contribution in [-0.2, 0) is 4.79 Å². The highest BCUT2D eigenvalue weighted by Gasteiger charge is 2.14. The molecule has 0 spiro atoms. The minimum atomic E-state index is -0.551. The Labute approximate surface area is 102 Å². The quantitative estimate of drug-likeness (QED) is 0.803. The van der Waals surface area contributed by atoms with Crippen LogP contribution in [0.3, 0.4) is 0 Å². The van der Waals surface area contributed by atoms with Crippen molar-refractivity contribution in [3.63, 3.8) is 0 Å². The molecule has 0 saturated carbocycles. The van der Waals surface area contributed by atoms with Crippen molar-refractivity contribution in [1.29, 1.82) is 0 Å². The highest BCUT2D eigenvalue weighted by atomic mass is 16.5. The number of amides is 1. The van der Waals surface area contributed by atoms with Gasteiger partial charge in [-0.3, -0.25) is 4.79 Å². The Morgan fingerprint density at radius 3 is 2.82 bits per heavy atom. The minimum Gasteiger partial charge on any atom is -0.481 e. The van der Waals surface area contributed by atoms with Crippen molar-refractivity contribution >= 4 is 5.91 Å². The number of hydrogen-bond acceptors (Lipinski definition) is 2. The average Bonchev–Trinajstić information content (AvgIpc) is 2.29. The summed E-state index contributed by atoms with van der Waals surface area (Å²) in [6, 6.07) is 5.84. The van der Waals surface area contributed by atoms with E-state index in [1.165, 1.54) is 5.56 Å². The van der Waals surface area contributed by atoms with Crippen LogP contribution in [-0.4, -0.2) is 18.6 Å². The molecule has 1 amide bonds. The van der Waals surface area contributed by atoms with Crippen LogP contribution in [0.15, 0.2) is 18.2 Å². The first-order valence-electron chi connectivity index (χ1n) is 5.49. The summed E-state index contributed by atoms with van der Waals surface area (Å²) in [5, 5.41) is 2.58. The van der Waals surface area contributed by atoms with Crippen LogP contribution in [0.4, 0.5) is 0 Å². The number of benzene rings is 1. The molecule has 0 heterocycles. The lowest BCUT2D eigenvalue weighted by molar-refractivity contribution is -0.127. The molecule has 1 unspecified atom stereocenters. The fourth-order valence-electron chi connectivity index (χ4n) is 1.46. The number of rotatable bonds is 4. The van der Waals surface area contributed by atoms with Crippen LogP contribution < -0.4 is 10.1 Å². The second kappa shape index (κ2) is 5.95. The molecule has 1 atom stereocenters. The van der Waals surface area contributed by atoms with E-state index in [4.69, 9.17) is 11.2 Å². The Morgan fingerprint density at radius 2 is 2.24 bits per heavy atom. The summed E-state index contributed by atoms with van der Waals surface area (Å²) in [5.74, 6) is 2.86. The second-order valence-electron chi connectivity index (χ2n) is 3.95. The minimum absolute atomic E-state index is 0.206. The Bertz CT molecular complexity index is 446. The monoisotopic (exact) mass is 231 g/mol. The zero-order valence-corrected chi connectivity index (χ0v) is 10.4. The molecule has 0 bridgehead atoms. The van der Waals surface area contributed by atoms with Crippen molar-refractivity contribution in [1.82, 2.24) is 5.32 Å². The van der Waals surface area contributed by atoms with Gasteiger partial charge in [0, 0.05) is 0 Å². The number of hydrogen-bond donors (Lipinski definition) is 1. The summed E-state index contributed by atoms with van der Waals surface area (Å²) in [7, 11) is 0. The smallest absolute Gasteiger partial charge is 0.261 e. The number of carbonyl (C=O) groups is 1. The Hall–Kier alpha value is -1.95. The second-order valence-corrected chi connectivity index (χ2v) is 3.95. The van der Waals surface area contributed by atoms with Crippen molar-refractivity contribution in [2.75, 3.05) is 6.54 Å². The first-order chi connectivity index (χ1) is 8.04. The predicted octanol–water partition coefficient (Wildman–Crippen LogP) is 1.82. The largest absolute Gasteiger partial charge is 0.481 e. The maximum atomic E-state index is 11.6. The van der Waals surface area contributed by atoms with E-state index in [1.54, 1.807) is 6.92 Å². The molecule has 0 aliphatic heterocycles. The lowest BCUT2D eigenvalue weighted by Crippen LogP contribution is -2.36. The van der Waals surface area contributed by atoms with E-state index < -0.39 is 6.10 Å². The third kappa shape index (κ3) is 3.84. The fraction of sp³-hybridized carbons (Fsp3) is 0.357. The highest BCUT2D eigenvalue weighted by molar-refractivity contribution is 5.80. The summed E-state index contributed by atoms with van der Waals surface area (Å²) in [6.45, 7) is 5.89. The summed E-state index contributed by atoms with van der Waals surface area (Å²) >= 11 is 0. The summed E-state index contributed by atoms with van der Waals surface area (Å²) < 4.78 is 5.58. The standard InChI is InChI=1S/C14H17NO2/c1-5-8-15-14(16)12(4)17-13-7-6-10(2)9-11(13)3/h1,6-7,9,12H,8H2,2-4H3,(H,15,16). The van der Waals surface area contributed by atoms with Gasteiger partial charge >= 0.3 is 0 Å². The zero-order valence-electron chi connectivity index (χ0n) is 10.4. The molecule has 1 rings (SSSR count). The molecule has 0 aliphatic rings. The van der Waals surface area contributed by atoms with Crippen LogP contribution in [0, 0.1) is 26.2 Å². The lowest BCUT2D eigenvalue weighted by Gasteiger charge is -2.15. The number of aryl methyl sites for hydroxylation is 2. The summed E-state index contributed by atoms with van der Waals surface area (Å²) in [4.78, 5) is 11.6. The average molecular weight is 231 g/mol. The molecule has 90 valence electrons. The van der Waals surface area contributed by atoms with Gasteiger partial charge in [-0.1, -0.05) is 23.6 Å². The molecule has 3 heteroatoms. The SMILES string of the molecule is C#CCNC(=O)C(C)Oc1ccc(C)cc1C. The van der Waals surface area contributed by atoms with Crippen molar-refractivity contribution < 1.29 is 9.53 Å². The molecule has 0 aromatic heterocycles. The number of terminal acetylenes is 1. The summed E-state index contributed by atoms with van der Waals surface area (Å²) in [6.07, 6.45) is 4.51. The Balaban J connectivity index is 2.65. The van der Waals surface area contributed by atoms with Gasteiger partial charge in [0.05, 0.1) is 6.54 Å². The molecular weight excluding hydrogens is 214 g/mol. The fourth-order valence-corrected chi connectivity index (χ4v) is 1.46. The van der Waals surface area contributed by atoms with Crippen LogP contribution in [0.25, 0.3) is 0 Å². The molecule has 17 heavy (non-hydrogen) atoms. The van der Waals surface area contributed by atoms with E-state index >= 15 is 0 Å². The number of carbonyl (C=O) groups excluding carboxylic acids is 1. The summed E-state index contributed by atoms with van der Waals surface area (Å²) in [5.41, 5.74) is 2.18. The highest BCUT2D eigenvalue weighted by Crippen LogP contribution is 2.19. The van der Waals surface area contributed by atoms with Gasteiger partial charge in [0.25, 0.3) is 5.91 Å². The molecule has 1 aromatic rings. The first-order valence-corrected chi connectivity index (χ1v) is 5.49. The van der Waals surface area contributed by atoms with Gasteiger partial charge in [0.1, 0.15) is 5.75 Å². The number of ether oxygens (including phenoxy) is 1. The van der Waals surface area contributed by atoms with Crippen LogP contribution in [0.2, 0.25) is 0 Å². The molecule has 1 N–H and O–H groups in total. The number of nitrogens with one attached hydrogen (secondary N) is 1. The van der Waals surface area contributed by atoms with Crippen LogP contribution >= 0.6 is 0 Å². The third-order valence-corrected chi connectivity index (χ3v) is 2.37. The van der Waals surface area contributed by atoms with Crippen LogP contribution in [0.1, 0.15) is 18.1 Å². The molecule has 0 aliphatic carbocycles. The first kappa shape index (κ1) is 13.1. The Morgan fingerprint density at radius 1 is 1.53 bits per heavy atom. The lowest BCUT2D eigenvalue weighted by atomic mass is 10.1. The van der Waals surface area contributed by atoms with E-state index in [0.717, 1.165) is 11.3 Å². The van der Waals surface area contributed by atoms with Gasteiger partial charge in [0.15, 0.2) is 6.10 Å². The molecule has 0 saturated heterocycles. The molecule has 1 aromatic carbocycles. The Kier molecular flexibility index (Phi) is 4.59. The van der Waals surface area contributed by atoms with Gasteiger partial charge < -0.3 is 10.1 Å². The van der Waals surface area contributed by atoms with Gasteiger partial charge in [0.2, 0.25) is 0 Å². The molecule has 0 radical (unpaired) electrons. The van der Waals surface area contributed by atoms with Crippen molar-refractivity contribution in [3.8, 4) is 18.1 Å². The molecular formula is C14H17NO2. The predicted molar refractivity (Wildman–Crippen MR) is 67.8 cm³/mol. The zero-order chi connectivity index (χ0) is 12.8. The maximum absolute atomic E-state index is 11.6. The van der Waals surface area contributed by atoms with Gasteiger partial charge in [-0.25, -0.2) is 0 Å². The third-order valence-electron chi connectivity index (χ3n) is 2.37. The van der Waals surface area contributed by atoms with Crippen LogP contribution in [0.5, 0.6) is 5.75 Å².